The van der Waals surface area contributed by atoms with Crippen molar-refractivity contribution in [1.29, 1.82) is 0 Å². The van der Waals surface area contributed by atoms with Crippen molar-refractivity contribution in [3.05, 3.63) is 96.8 Å². The van der Waals surface area contributed by atoms with Gasteiger partial charge < -0.3 is 5.11 Å². The Hall–Kier alpha value is -1.75. The molecule has 0 saturated heterocycles. The molecule has 1 N–H and O–H groups in total. The van der Waals surface area contributed by atoms with E-state index >= 15 is 0 Å². The molecule has 0 aliphatic carbocycles. The number of hydrogen-bond acceptors (Lipinski definition) is 3. The SMILES string of the molecule is Oc1c(C(Cc2cc(Cl)c(Cl)cn2)c2cc(Cl)cc(Cl)c2Cl)ccc2cccnc12. The van der Waals surface area contributed by atoms with Crippen molar-refractivity contribution in [2.75, 3.05) is 0 Å². The molecular weight excluding hydrogens is 486 g/mol. The molecule has 0 fully saturated rings. The normalized spacial score (nSPS) is 12.3. The largest absolute Gasteiger partial charge is 0.505 e. The van der Waals surface area contributed by atoms with Crippen LogP contribution in [0.15, 0.2) is 54.9 Å². The molecule has 1 unspecified atom stereocenters. The van der Waals surface area contributed by atoms with Crippen LogP contribution in [-0.4, -0.2) is 15.1 Å². The summed E-state index contributed by atoms with van der Waals surface area (Å²) in [6, 6.07) is 12.4. The van der Waals surface area contributed by atoms with Crippen molar-refractivity contribution in [3.8, 4) is 5.75 Å². The molecule has 0 saturated carbocycles. The van der Waals surface area contributed by atoms with Gasteiger partial charge in [-0.2, -0.15) is 0 Å². The van der Waals surface area contributed by atoms with E-state index in [1.165, 1.54) is 6.20 Å². The highest BCUT2D eigenvalue weighted by molar-refractivity contribution is 6.44. The van der Waals surface area contributed by atoms with Crippen LogP contribution in [0.3, 0.4) is 0 Å². The zero-order valence-electron chi connectivity index (χ0n) is 15.2. The second kappa shape index (κ2) is 8.78. The number of aromatic nitrogens is 2. The molecule has 0 bridgehead atoms. The van der Waals surface area contributed by atoms with Crippen LogP contribution in [0.1, 0.15) is 22.7 Å². The minimum atomic E-state index is -0.412. The van der Waals surface area contributed by atoms with Crippen LogP contribution in [-0.2, 0) is 6.42 Å². The Morgan fingerprint density at radius 3 is 2.40 bits per heavy atom. The minimum Gasteiger partial charge on any atom is -0.505 e. The van der Waals surface area contributed by atoms with Gasteiger partial charge in [-0.25, -0.2) is 0 Å². The van der Waals surface area contributed by atoms with Crippen molar-refractivity contribution < 1.29 is 5.11 Å². The van der Waals surface area contributed by atoms with Crippen LogP contribution in [0, 0.1) is 0 Å². The summed E-state index contributed by atoms with van der Waals surface area (Å²) in [7, 11) is 0. The lowest BCUT2D eigenvalue weighted by atomic mass is 9.86. The number of phenolic OH excluding ortho intramolecular Hbond substituents is 1. The maximum atomic E-state index is 11.0. The van der Waals surface area contributed by atoms with Crippen molar-refractivity contribution >= 4 is 68.9 Å². The Kier molecular flexibility index (Phi) is 6.29. The van der Waals surface area contributed by atoms with Gasteiger partial charge in [0.2, 0.25) is 0 Å². The molecule has 0 radical (unpaired) electrons. The Bertz CT molecular complexity index is 1260. The smallest absolute Gasteiger partial charge is 0.145 e. The molecule has 152 valence electrons. The topological polar surface area (TPSA) is 46.0 Å². The predicted molar refractivity (Wildman–Crippen MR) is 125 cm³/mol. The van der Waals surface area contributed by atoms with Gasteiger partial charge in [-0.3, -0.25) is 9.97 Å². The second-order valence-corrected chi connectivity index (χ2v) is 8.75. The van der Waals surface area contributed by atoms with Crippen molar-refractivity contribution in [1.82, 2.24) is 9.97 Å². The predicted octanol–water partition coefficient (Wildman–Crippen LogP) is 7.98. The number of aromatic hydroxyl groups is 1. The summed E-state index contributed by atoms with van der Waals surface area (Å²) in [5, 5.41) is 13.7. The number of nitrogens with zero attached hydrogens (tertiary/aromatic N) is 2. The Balaban J connectivity index is 1.92. The third kappa shape index (κ3) is 4.18. The molecule has 0 amide bonds. The number of benzene rings is 2. The van der Waals surface area contributed by atoms with E-state index < -0.39 is 5.92 Å². The average Bonchev–Trinajstić information content (AvgIpc) is 2.72. The van der Waals surface area contributed by atoms with Gasteiger partial charge >= 0.3 is 0 Å². The summed E-state index contributed by atoms with van der Waals surface area (Å²) in [5.74, 6) is -0.352. The van der Waals surface area contributed by atoms with E-state index in [0.29, 0.717) is 53.9 Å². The quantitative estimate of drug-likeness (QED) is 0.290. The van der Waals surface area contributed by atoms with Gasteiger partial charge in [0.15, 0.2) is 0 Å². The maximum absolute atomic E-state index is 11.0. The fourth-order valence-electron chi connectivity index (χ4n) is 3.42. The number of halogens is 5. The van der Waals surface area contributed by atoms with E-state index in [0.717, 1.165) is 5.39 Å². The van der Waals surface area contributed by atoms with Gasteiger partial charge in [0.05, 0.1) is 20.1 Å². The van der Waals surface area contributed by atoms with Crippen LogP contribution in [0.4, 0.5) is 0 Å². The monoisotopic (exact) mass is 496 g/mol. The average molecular weight is 499 g/mol. The second-order valence-electron chi connectivity index (χ2n) is 6.72. The first-order chi connectivity index (χ1) is 14.3. The van der Waals surface area contributed by atoms with E-state index in [2.05, 4.69) is 9.97 Å². The van der Waals surface area contributed by atoms with E-state index in [-0.39, 0.29) is 5.75 Å². The van der Waals surface area contributed by atoms with E-state index in [4.69, 9.17) is 58.0 Å². The Labute approximate surface area is 198 Å². The molecule has 3 nitrogen and oxygen atoms in total. The minimum absolute atomic E-state index is 0.0605. The fourth-order valence-corrected chi connectivity index (χ4v) is 4.45. The molecular formula is C22H13Cl5N2O. The Morgan fingerprint density at radius 2 is 1.63 bits per heavy atom. The van der Waals surface area contributed by atoms with Gasteiger partial charge in [0, 0.05) is 46.4 Å². The number of fused-ring (bicyclic) bond motifs is 1. The molecule has 2 aromatic carbocycles. The summed E-state index contributed by atoms with van der Waals surface area (Å²) in [5.41, 5.74) is 2.44. The van der Waals surface area contributed by atoms with Crippen LogP contribution in [0.2, 0.25) is 25.1 Å². The molecule has 1 atom stereocenters. The molecule has 30 heavy (non-hydrogen) atoms. The van der Waals surface area contributed by atoms with Crippen molar-refractivity contribution in [2.24, 2.45) is 0 Å². The van der Waals surface area contributed by atoms with Gasteiger partial charge in [-0.1, -0.05) is 76.2 Å². The zero-order valence-corrected chi connectivity index (χ0v) is 19.0. The molecule has 2 aromatic heterocycles. The van der Waals surface area contributed by atoms with Gasteiger partial charge in [-0.05, 0) is 29.8 Å². The molecule has 4 rings (SSSR count). The van der Waals surface area contributed by atoms with Gasteiger partial charge in [-0.15, -0.1) is 0 Å². The maximum Gasteiger partial charge on any atom is 0.145 e. The third-order valence-corrected chi connectivity index (χ3v) is 6.58. The molecule has 0 aliphatic rings. The summed E-state index contributed by atoms with van der Waals surface area (Å²) in [6.45, 7) is 0. The third-order valence-electron chi connectivity index (χ3n) is 4.83. The van der Waals surface area contributed by atoms with Gasteiger partial charge in [0.1, 0.15) is 11.3 Å². The van der Waals surface area contributed by atoms with E-state index in [9.17, 15) is 5.11 Å². The first kappa shape index (κ1) is 21.5. The van der Waals surface area contributed by atoms with Crippen LogP contribution in [0.5, 0.6) is 5.75 Å². The van der Waals surface area contributed by atoms with E-state index in [1.54, 1.807) is 24.4 Å². The molecule has 0 spiro atoms. The van der Waals surface area contributed by atoms with Crippen molar-refractivity contribution in [3.63, 3.8) is 0 Å². The first-order valence-corrected chi connectivity index (χ1v) is 10.7. The standard InChI is InChI=1S/C22H13Cl5N2O/c23-12-6-16(20(27)18(25)7-12)15(8-13-9-17(24)19(26)10-29-13)14-4-3-11-2-1-5-28-21(11)22(14)30/h1-7,9-10,15,30H,8H2. The zero-order chi connectivity index (χ0) is 21.4. The number of rotatable bonds is 4. The lowest BCUT2D eigenvalue weighted by molar-refractivity contribution is 0.469. The Morgan fingerprint density at radius 1 is 0.833 bits per heavy atom. The highest BCUT2D eigenvalue weighted by Gasteiger charge is 2.25. The van der Waals surface area contributed by atoms with Crippen molar-refractivity contribution in [2.45, 2.75) is 12.3 Å². The first-order valence-electron chi connectivity index (χ1n) is 8.86. The van der Waals surface area contributed by atoms with Crippen LogP contribution < -0.4 is 0 Å². The van der Waals surface area contributed by atoms with Crippen LogP contribution in [0.25, 0.3) is 10.9 Å². The van der Waals surface area contributed by atoms with Gasteiger partial charge in [0.25, 0.3) is 0 Å². The summed E-state index contributed by atoms with van der Waals surface area (Å²) >= 11 is 31.3. The lowest BCUT2D eigenvalue weighted by Gasteiger charge is -2.22. The van der Waals surface area contributed by atoms with E-state index in [1.807, 2.05) is 24.3 Å². The fraction of sp³-hybridized carbons (Fsp3) is 0.0909. The molecule has 8 heteroatoms. The summed E-state index contributed by atoms with van der Waals surface area (Å²) in [4.78, 5) is 8.69. The molecule has 0 aliphatic heterocycles. The molecule has 2 heterocycles. The van der Waals surface area contributed by atoms with Crippen LogP contribution >= 0.6 is 58.0 Å². The number of phenols is 1. The summed E-state index contributed by atoms with van der Waals surface area (Å²) in [6.07, 6.45) is 3.49. The highest BCUT2D eigenvalue weighted by atomic mass is 35.5. The lowest BCUT2D eigenvalue weighted by Crippen LogP contribution is -2.08. The molecule has 4 aromatic rings. The number of pyridine rings is 2. The highest BCUT2D eigenvalue weighted by Crippen LogP contribution is 2.43. The number of hydrogen-bond donors (Lipinski definition) is 1. The summed E-state index contributed by atoms with van der Waals surface area (Å²) < 4.78 is 0.